The molecule has 0 fully saturated rings. The Balaban J connectivity index is 2.62. The van der Waals surface area contributed by atoms with Gasteiger partial charge in [0.1, 0.15) is 5.75 Å². The molecule has 0 atom stereocenters. The van der Waals surface area contributed by atoms with Gasteiger partial charge in [-0.1, -0.05) is 67.2 Å². The third-order valence-electron chi connectivity index (χ3n) is 5.79. The molecule has 27 heavy (non-hydrogen) atoms. The molecule has 0 aliphatic heterocycles. The third-order valence-corrected chi connectivity index (χ3v) is 5.79. The molecule has 3 heteroatoms. The fourth-order valence-electron chi connectivity index (χ4n) is 3.42. The molecule has 1 aromatic carbocycles. The summed E-state index contributed by atoms with van der Waals surface area (Å²) in [6.45, 7) is 13.5. The molecule has 1 aromatic rings. The Bertz CT molecular complexity index is 582. The lowest BCUT2D eigenvalue weighted by molar-refractivity contribution is 0.307. The molecule has 0 amide bonds. The summed E-state index contributed by atoms with van der Waals surface area (Å²) < 4.78 is 0. The van der Waals surface area contributed by atoms with E-state index in [9.17, 15) is 15.3 Å². The lowest BCUT2D eigenvalue weighted by atomic mass is 9.84. The molecular weight excluding hydrogens is 336 g/mol. The van der Waals surface area contributed by atoms with Crippen LogP contribution in [-0.2, 0) is 12.8 Å². The summed E-state index contributed by atoms with van der Waals surface area (Å²) in [5.74, 6) is -0.0875. The van der Waals surface area contributed by atoms with Crippen LogP contribution in [0.25, 0.3) is 0 Å². The molecule has 0 aromatic heterocycles. The van der Waals surface area contributed by atoms with E-state index in [0.717, 1.165) is 50.5 Å². The van der Waals surface area contributed by atoms with E-state index in [1.165, 1.54) is 18.9 Å². The molecule has 0 heterocycles. The Morgan fingerprint density at radius 2 is 1.33 bits per heavy atom. The van der Waals surface area contributed by atoms with Crippen molar-refractivity contribution in [3.63, 3.8) is 0 Å². The first-order chi connectivity index (χ1) is 12.5. The van der Waals surface area contributed by atoms with Crippen LogP contribution in [0, 0.1) is 10.8 Å². The monoisotopic (exact) mass is 378 g/mol. The molecule has 1 rings (SSSR count). The smallest absolute Gasteiger partial charge is 0.164 e. The summed E-state index contributed by atoms with van der Waals surface area (Å²) in [5.41, 5.74) is 1.96. The molecule has 156 valence electrons. The number of unbranched alkanes of at least 4 members (excludes halogenated alkanes) is 3. The summed E-state index contributed by atoms with van der Waals surface area (Å²) >= 11 is 0. The number of phenols is 3. The summed E-state index contributed by atoms with van der Waals surface area (Å²) in [6, 6.07) is 1.52. The topological polar surface area (TPSA) is 60.7 Å². The lowest BCUT2D eigenvalue weighted by Crippen LogP contribution is -2.08. The van der Waals surface area contributed by atoms with Gasteiger partial charge in [-0.3, -0.25) is 0 Å². The molecule has 0 radical (unpaired) electrons. The highest BCUT2D eigenvalue weighted by atomic mass is 16.3. The van der Waals surface area contributed by atoms with Crippen LogP contribution in [0.4, 0.5) is 0 Å². The van der Waals surface area contributed by atoms with E-state index >= 15 is 0 Å². The van der Waals surface area contributed by atoms with Crippen LogP contribution >= 0.6 is 0 Å². The predicted octanol–water partition coefficient (Wildman–Crippen LogP) is 7.10. The van der Waals surface area contributed by atoms with Crippen molar-refractivity contribution >= 4 is 0 Å². The molecule has 0 unspecified atom stereocenters. The van der Waals surface area contributed by atoms with Gasteiger partial charge in [-0.2, -0.15) is 0 Å². The standard InChI is InChI=1S/C24H42O3/c1-7-24(5,6)16-11-8-9-14-19-21(26)18(17-20(25)22(19)27)13-10-12-15-23(2,3)4/h17,25-27H,7-16H2,1-6H3. The van der Waals surface area contributed by atoms with Crippen molar-refractivity contribution in [2.24, 2.45) is 10.8 Å². The second-order valence-corrected chi connectivity index (χ2v) is 10.1. The highest BCUT2D eigenvalue weighted by Crippen LogP contribution is 2.40. The quantitative estimate of drug-likeness (QED) is 0.218. The summed E-state index contributed by atoms with van der Waals surface area (Å²) in [5, 5.41) is 30.9. The number of rotatable bonds is 11. The number of aryl methyl sites for hydroxylation is 1. The second kappa shape index (κ2) is 10.2. The minimum atomic E-state index is -0.153. The zero-order valence-corrected chi connectivity index (χ0v) is 18.5. The average molecular weight is 379 g/mol. The van der Waals surface area contributed by atoms with Crippen LogP contribution in [0.1, 0.15) is 104 Å². The SMILES string of the molecule is CCC(C)(C)CCCCCc1c(O)c(O)cc(CCCCC(C)(C)C)c1O. The van der Waals surface area contributed by atoms with Gasteiger partial charge in [-0.15, -0.1) is 0 Å². The first kappa shape index (κ1) is 23.7. The zero-order valence-electron chi connectivity index (χ0n) is 18.5. The molecular formula is C24H42O3. The molecule has 3 N–H and O–H groups in total. The van der Waals surface area contributed by atoms with Gasteiger partial charge in [0.25, 0.3) is 0 Å². The molecule has 0 aliphatic rings. The van der Waals surface area contributed by atoms with E-state index in [2.05, 4.69) is 41.5 Å². The maximum Gasteiger partial charge on any atom is 0.164 e. The van der Waals surface area contributed by atoms with Crippen molar-refractivity contribution in [2.45, 2.75) is 106 Å². The minimum Gasteiger partial charge on any atom is -0.507 e. The molecule has 3 nitrogen and oxygen atoms in total. The van der Waals surface area contributed by atoms with E-state index in [4.69, 9.17) is 0 Å². The number of phenolic OH excluding ortho intramolecular Hbond substituents is 3. The van der Waals surface area contributed by atoms with E-state index in [1.807, 2.05) is 0 Å². The van der Waals surface area contributed by atoms with Crippen LogP contribution in [0.2, 0.25) is 0 Å². The summed E-state index contributed by atoms with van der Waals surface area (Å²) in [6.07, 6.45) is 10.0. The van der Waals surface area contributed by atoms with E-state index in [0.29, 0.717) is 22.8 Å². The first-order valence-electron chi connectivity index (χ1n) is 10.7. The maximum atomic E-state index is 10.6. The third kappa shape index (κ3) is 8.45. The van der Waals surface area contributed by atoms with E-state index in [1.54, 1.807) is 0 Å². The normalized spacial score (nSPS) is 12.5. The fraction of sp³-hybridized carbons (Fsp3) is 0.750. The van der Waals surface area contributed by atoms with Gasteiger partial charge in [-0.25, -0.2) is 0 Å². The van der Waals surface area contributed by atoms with E-state index in [-0.39, 0.29) is 17.2 Å². The second-order valence-electron chi connectivity index (χ2n) is 10.1. The van der Waals surface area contributed by atoms with Crippen molar-refractivity contribution in [1.82, 2.24) is 0 Å². The number of hydrogen-bond acceptors (Lipinski definition) is 3. The van der Waals surface area contributed by atoms with Gasteiger partial charge in [0, 0.05) is 5.56 Å². The molecule has 0 aliphatic carbocycles. The van der Waals surface area contributed by atoms with Crippen LogP contribution in [0.5, 0.6) is 17.2 Å². The predicted molar refractivity (Wildman–Crippen MR) is 115 cm³/mol. The Kier molecular flexibility index (Phi) is 8.98. The van der Waals surface area contributed by atoms with Crippen molar-refractivity contribution < 1.29 is 15.3 Å². The highest BCUT2D eigenvalue weighted by Gasteiger charge is 2.18. The highest BCUT2D eigenvalue weighted by molar-refractivity contribution is 5.56. The minimum absolute atomic E-state index is 0.110. The zero-order chi connectivity index (χ0) is 20.7. The van der Waals surface area contributed by atoms with Crippen LogP contribution < -0.4 is 0 Å². The molecule has 0 saturated heterocycles. The van der Waals surface area contributed by atoms with Gasteiger partial charge in [-0.05, 0) is 61.0 Å². The van der Waals surface area contributed by atoms with Gasteiger partial charge < -0.3 is 15.3 Å². The van der Waals surface area contributed by atoms with E-state index < -0.39 is 0 Å². The van der Waals surface area contributed by atoms with Gasteiger partial charge >= 0.3 is 0 Å². The van der Waals surface area contributed by atoms with Crippen molar-refractivity contribution in [3.8, 4) is 17.2 Å². The molecule has 0 spiro atoms. The lowest BCUT2D eigenvalue weighted by Gasteiger charge is -2.22. The van der Waals surface area contributed by atoms with Crippen molar-refractivity contribution in [1.29, 1.82) is 0 Å². The van der Waals surface area contributed by atoms with Crippen molar-refractivity contribution in [3.05, 3.63) is 17.2 Å². The number of hydrogen-bond donors (Lipinski definition) is 3. The van der Waals surface area contributed by atoms with Crippen LogP contribution in [0.15, 0.2) is 6.07 Å². The Morgan fingerprint density at radius 1 is 0.741 bits per heavy atom. The molecule has 0 bridgehead atoms. The van der Waals surface area contributed by atoms with Gasteiger partial charge in [0.05, 0.1) is 0 Å². The summed E-state index contributed by atoms with van der Waals surface area (Å²) in [7, 11) is 0. The van der Waals surface area contributed by atoms with Crippen LogP contribution in [0.3, 0.4) is 0 Å². The number of aromatic hydroxyl groups is 3. The average Bonchev–Trinajstić information content (AvgIpc) is 2.57. The first-order valence-corrected chi connectivity index (χ1v) is 10.7. The summed E-state index contributed by atoms with van der Waals surface area (Å²) in [4.78, 5) is 0. The Labute approximate surface area is 166 Å². The van der Waals surface area contributed by atoms with Crippen LogP contribution in [-0.4, -0.2) is 15.3 Å². The van der Waals surface area contributed by atoms with Gasteiger partial charge in [0.15, 0.2) is 11.5 Å². The Hall–Kier alpha value is -1.38. The molecule has 0 saturated carbocycles. The largest absolute Gasteiger partial charge is 0.507 e. The Morgan fingerprint density at radius 3 is 1.93 bits per heavy atom. The fourth-order valence-corrected chi connectivity index (χ4v) is 3.42. The van der Waals surface area contributed by atoms with Gasteiger partial charge in [0.2, 0.25) is 0 Å². The number of benzene rings is 1. The van der Waals surface area contributed by atoms with Crippen molar-refractivity contribution in [2.75, 3.05) is 0 Å². The maximum absolute atomic E-state index is 10.6.